The molecule has 1 aromatic heterocycles. The van der Waals surface area contributed by atoms with E-state index in [1.807, 2.05) is 25.1 Å². The molecule has 1 aromatic carbocycles. The fraction of sp³-hybridized carbons (Fsp3) is 0.350. The second-order valence-corrected chi connectivity index (χ2v) is 7.02. The first kappa shape index (κ1) is 18.1. The van der Waals surface area contributed by atoms with Crippen molar-refractivity contribution in [3.63, 3.8) is 0 Å². The number of hydrogen-bond donors (Lipinski definition) is 1. The van der Waals surface area contributed by atoms with Gasteiger partial charge in [0.05, 0.1) is 16.8 Å². The van der Waals surface area contributed by atoms with E-state index in [2.05, 4.69) is 9.88 Å². The van der Waals surface area contributed by atoms with Gasteiger partial charge in [-0.3, -0.25) is 9.88 Å². The van der Waals surface area contributed by atoms with Gasteiger partial charge in [-0.1, -0.05) is 29.8 Å². The van der Waals surface area contributed by atoms with Gasteiger partial charge in [0.15, 0.2) is 0 Å². The number of benzene rings is 1. The molecule has 0 bridgehead atoms. The third-order valence-electron chi connectivity index (χ3n) is 4.45. The van der Waals surface area contributed by atoms with Crippen molar-refractivity contribution in [2.75, 3.05) is 13.1 Å². The Kier molecular flexibility index (Phi) is 5.52. The van der Waals surface area contributed by atoms with E-state index >= 15 is 0 Å². The molecule has 0 fully saturated rings. The fourth-order valence-corrected chi connectivity index (χ4v) is 3.33. The first-order valence-electron chi connectivity index (χ1n) is 8.45. The van der Waals surface area contributed by atoms with E-state index in [0.29, 0.717) is 22.8 Å². The largest absolute Gasteiger partial charge is 0.392 e. The zero-order valence-electron chi connectivity index (χ0n) is 14.5. The third-order valence-corrected chi connectivity index (χ3v) is 4.96. The van der Waals surface area contributed by atoms with Crippen molar-refractivity contribution < 1.29 is 9.50 Å². The average molecular weight is 361 g/mol. The number of aliphatic hydroxyl groups excluding tert-OH is 1. The number of fused-ring (bicyclic) bond motifs is 1. The van der Waals surface area contributed by atoms with Crippen LogP contribution in [0.4, 0.5) is 4.39 Å². The molecule has 1 aliphatic rings. The minimum atomic E-state index is -0.387. The quantitative estimate of drug-likeness (QED) is 0.885. The number of halogens is 2. The average Bonchev–Trinajstić information content (AvgIpc) is 2.58. The van der Waals surface area contributed by atoms with E-state index < -0.39 is 0 Å². The molecule has 5 heteroatoms. The van der Waals surface area contributed by atoms with E-state index in [-0.39, 0.29) is 11.9 Å². The lowest BCUT2D eigenvalue weighted by Crippen LogP contribution is -2.35. The molecule has 1 aliphatic heterocycles. The maximum absolute atomic E-state index is 14.6. The van der Waals surface area contributed by atoms with Crippen molar-refractivity contribution in [2.24, 2.45) is 0 Å². The van der Waals surface area contributed by atoms with Crippen molar-refractivity contribution in [3.8, 4) is 0 Å². The highest BCUT2D eigenvalue weighted by atomic mass is 35.5. The third kappa shape index (κ3) is 4.27. The standard InChI is InChI=1S/C20H22ClFN2O/c1-13-4-3-5-16(20(13)21)8-18(22)19-9-15-6-7-24(11-14(2)25)12-17(15)10-23-19/h3-5,8-10,14,25H,6-7,11-12H2,1-2H3/b18-8-/t14-/m1/s1. The van der Waals surface area contributed by atoms with Crippen LogP contribution in [0.25, 0.3) is 11.9 Å². The molecule has 0 saturated heterocycles. The van der Waals surface area contributed by atoms with Crippen LogP contribution in [-0.2, 0) is 13.0 Å². The highest BCUT2D eigenvalue weighted by molar-refractivity contribution is 6.33. The molecule has 0 aliphatic carbocycles. The van der Waals surface area contributed by atoms with Crippen molar-refractivity contribution in [3.05, 3.63) is 63.4 Å². The molecule has 3 rings (SSSR count). The second kappa shape index (κ2) is 7.65. The Morgan fingerprint density at radius 2 is 2.24 bits per heavy atom. The van der Waals surface area contributed by atoms with Crippen LogP contribution in [0.3, 0.4) is 0 Å². The number of aliphatic hydroxyl groups is 1. The number of pyridine rings is 1. The van der Waals surface area contributed by atoms with Gasteiger partial charge in [-0.05, 0) is 54.7 Å². The Morgan fingerprint density at radius 3 is 3.00 bits per heavy atom. The fourth-order valence-electron chi connectivity index (χ4n) is 3.15. The molecule has 0 radical (unpaired) electrons. The number of aromatic nitrogens is 1. The summed E-state index contributed by atoms with van der Waals surface area (Å²) in [5, 5.41) is 10.1. The van der Waals surface area contributed by atoms with Gasteiger partial charge in [0.1, 0.15) is 5.83 Å². The van der Waals surface area contributed by atoms with Gasteiger partial charge in [-0.2, -0.15) is 0 Å². The molecular weight excluding hydrogens is 339 g/mol. The summed E-state index contributed by atoms with van der Waals surface area (Å²) in [6, 6.07) is 7.37. The topological polar surface area (TPSA) is 36.4 Å². The van der Waals surface area contributed by atoms with Gasteiger partial charge in [-0.25, -0.2) is 4.39 Å². The Bertz CT molecular complexity index is 804. The zero-order chi connectivity index (χ0) is 18.0. The minimum absolute atomic E-state index is 0.334. The summed E-state index contributed by atoms with van der Waals surface area (Å²) in [5.74, 6) is -0.387. The lowest BCUT2D eigenvalue weighted by atomic mass is 10.00. The summed E-state index contributed by atoms with van der Waals surface area (Å²) in [5.41, 5.74) is 4.12. The van der Waals surface area contributed by atoms with Crippen LogP contribution in [-0.4, -0.2) is 34.2 Å². The van der Waals surface area contributed by atoms with E-state index in [1.54, 1.807) is 19.2 Å². The smallest absolute Gasteiger partial charge is 0.149 e. The van der Waals surface area contributed by atoms with Crippen molar-refractivity contribution in [2.45, 2.75) is 32.9 Å². The van der Waals surface area contributed by atoms with Crippen LogP contribution in [0.15, 0.2) is 30.5 Å². The number of β-amino-alcohol motifs (C(OH)–C–C–N with tert-alkyl or cyclic N) is 1. The number of nitrogens with zero attached hydrogens (tertiary/aromatic N) is 2. The molecule has 1 N–H and O–H groups in total. The van der Waals surface area contributed by atoms with Gasteiger partial charge < -0.3 is 5.11 Å². The predicted molar refractivity (Wildman–Crippen MR) is 100 cm³/mol. The molecule has 0 saturated carbocycles. The monoisotopic (exact) mass is 360 g/mol. The first-order chi connectivity index (χ1) is 11.9. The van der Waals surface area contributed by atoms with Crippen LogP contribution in [0, 0.1) is 6.92 Å². The second-order valence-electron chi connectivity index (χ2n) is 6.64. The van der Waals surface area contributed by atoms with E-state index in [9.17, 15) is 9.50 Å². The Labute approximate surface area is 152 Å². The van der Waals surface area contributed by atoms with E-state index in [4.69, 9.17) is 11.6 Å². The summed E-state index contributed by atoms with van der Waals surface area (Å²) in [4.78, 5) is 6.47. The van der Waals surface area contributed by atoms with Gasteiger partial charge in [0, 0.05) is 25.8 Å². The summed E-state index contributed by atoms with van der Waals surface area (Å²) in [6.07, 6.45) is 3.65. The number of aryl methyl sites for hydroxylation is 1. The molecule has 2 heterocycles. The van der Waals surface area contributed by atoms with Crippen molar-refractivity contribution >= 4 is 23.5 Å². The molecule has 25 heavy (non-hydrogen) atoms. The Morgan fingerprint density at radius 1 is 1.44 bits per heavy atom. The summed E-state index contributed by atoms with van der Waals surface area (Å²) < 4.78 is 14.6. The number of hydrogen-bond acceptors (Lipinski definition) is 3. The van der Waals surface area contributed by atoms with Crippen LogP contribution >= 0.6 is 11.6 Å². The zero-order valence-corrected chi connectivity index (χ0v) is 15.2. The SMILES string of the molecule is Cc1cccc(/C=C(\F)c2cc3c(cn2)CN(C[C@@H](C)O)CC3)c1Cl. The maximum atomic E-state index is 14.6. The number of rotatable bonds is 4. The Hall–Kier alpha value is -1.75. The molecule has 0 unspecified atom stereocenters. The van der Waals surface area contributed by atoms with Crippen LogP contribution in [0.5, 0.6) is 0 Å². The first-order valence-corrected chi connectivity index (χ1v) is 8.82. The minimum Gasteiger partial charge on any atom is -0.392 e. The van der Waals surface area contributed by atoms with Gasteiger partial charge in [-0.15, -0.1) is 0 Å². The summed E-state index contributed by atoms with van der Waals surface area (Å²) in [7, 11) is 0. The lowest BCUT2D eigenvalue weighted by molar-refractivity contribution is 0.119. The Balaban J connectivity index is 1.83. The molecule has 0 amide bonds. The van der Waals surface area contributed by atoms with Crippen LogP contribution in [0.2, 0.25) is 5.02 Å². The highest BCUT2D eigenvalue weighted by Crippen LogP contribution is 2.27. The molecular formula is C20H22ClFN2O. The van der Waals surface area contributed by atoms with E-state index in [1.165, 1.54) is 6.08 Å². The molecule has 1 atom stereocenters. The van der Waals surface area contributed by atoms with Crippen molar-refractivity contribution in [1.82, 2.24) is 9.88 Å². The van der Waals surface area contributed by atoms with Gasteiger partial charge in [0.2, 0.25) is 0 Å². The molecule has 0 spiro atoms. The van der Waals surface area contributed by atoms with Gasteiger partial charge >= 0.3 is 0 Å². The van der Waals surface area contributed by atoms with Crippen LogP contribution < -0.4 is 0 Å². The highest BCUT2D eigenvalue weighted by Gasteiger charge is 2.19. The van der Waals surface area contributed by atoms with E-state index in [0.717, 1.165) is 36.2 Å². The molecule has 2 aromatic rings. The van der Waals surface area contributed by atoms with Crippen LogP contribution in [0.1, 0.15) is 34.9 Å². The summed E-state index contributed by atoms with van der Waals surface area (Å²) >= 11 is 6.24. The predicted octanol–water partition coefficient (Wildman–Crippen LogP) is 4.25. The lowest BCUT2D eigenvalue weighted by Gasteiger charge is -2.29. The van der Waals surface area contributed by atoms with Crippen molar-refractivity contribution in [1.29, 1.82) is 0 Å². The molecule has 3 nitrogen and oxygen atoms in total. The molecule has 132 valence electrons. The summed E-state index contributed by atoms with van der Waals surface area (Å²) in [6.45, 7) is 5.92. The maximum Gasteiger partial charge on any atom is 0.149 e. The normalized spacial score (nSPS) is 16.6. The van der Waals surface area contributed by atoms with Gasteiger partial charge in [0.25, 0.3) is 0 Å².